The maximum Gasteiger partial charge on any atom is 0.239 e. The van der Waals surface area contributed by atoms with E-state index in [9.17, 15) is 4.79 Å². The maximum absolute atomic E-state index is 12.8. The first kappa shape index (κ1) is 14.4. The number of nitrogens with zero attached hydrogens (tertiary/aromatic N) is 1. The lowest BCUT2D eigenvalue weighted by Gasteiger charge is -2.25. The first-order valence-electron chi connectivity index (χ1n) is 8.82. The molecule has 20 heavy (non-hydrogen) atoms. The highest BCUT2D eigenvalue weighted by Gasteiger charge is 2.39. The highest BCUT2D eigenvalue weighted by atomic mass is 16.2. The molecule has 114 valence electrons. The first-order chi connectivity index (χ1) is 9.78. The van der Waals surface area contributed by atoms with Crippen LogP contribution < -0.4 is 5.32 Å². The standard InChI is InChI=1S/C17H30N2O/c1-2-13-6-5-10-19(11-9-13)17(20)16-12-14-7-3-4-8-15(14)18-16/h13-16,18H,2-12H2,1H3. The van der Waals surface area contributed by atoms with E-state index in [2.05, 4.69) is 17.1 Å². The molecule has 3 fully saturated rings. The minimum atomic E-state index is 0.126. The van der Waals surface area contributed by atoms with Gasteiger partial charge in [-0.1, -0.05) is 26.2 Å². The third-order valence-electron chi connectivity index (χ3n) is 5.90. The second-order valence-electron chi connectivity index (χ2n) is 7.14. The van der Waals surface area contributed by atoms with Gasteiger partial charge in [0.05, 0.1) is 6.04 Å². The number of hydrogen-bond acceptors (Lipinski definition) is 2. The van der Waals surface area contributed by atoms with E-state index in [1.54, 1.807) is 0 Å². The summed E-state index contributed by atoms with van der Waals surface area (Å²) in [5, 5.41) is 3.64. The molecule has 2 heterocycles. The molecule has 4 atom stereocenters. The summed E-state index contributed by atoms with van der Waals surface area (Å²) >= 11 is 0. The summed E-state index contributed by atoms with van der Waals surface area (Å²) < 4.78 is 0. The largest absolute Gasteiger partial charge is 0.341 e. The lowest BCUT2D eigenvalue weighted by molar-refractivity contribution is -0.133. The van der Waals surface area contributed by atoms with Crippen molar-refractivity contribution in [1.29, 1.82) is 0 Å². The van der Waals surface area contributed by atoms with Gasteiger partial charge in [0.15, 0.2) is 0 Å². The monoisotopic (exact) mass is 278 g/mol. The van der Waals surface area contributed by atoms with Gasteiger partial charge in [0, 0.05) is 19.1 Å². The highest BCUT2D eigenvalue weighted by Crippen LogP contribution is 2.34. The average Bonchev–Trinajstić information content (AvgIpc) is 2.77. The Bertz CT molecular complexity index is 330. The van der Waals surface area contributed by atoms with Crippen LogP contribution in [0.5, 0.6) is 0 Å². The van der Waals surface area contributed by atoms with E-state index in [4.69, 9.17) is 0 Å². The van der Waals surface area contributed by atoms with Crippen LogP contribution in [0.1, 0.15) is 64.7 Å². The Morgan fingerprint density at radius 3 is 2.75 bits per heavy atom. The second-order valence-corrected chi connectivity index (χ2v) is 7.14. The van der Waals surface area contributed by atoms with Gasteiger partial charge in [-0.2, -0.15) is 0 Å². The molecule has 3 heteroatoms. The van der Waals surface area contributed by atoms with Gasteiger partial charge in [0.25, 0.3) is 0 Å². The number of carbonyl (C=O) groups excluding carboxylic acids is 1. The molecule has 3 nitrogen and oxygen atoms in total. The van der Waals surface area contributed by atoms with Crippen LogP contribution in [0.15, 0.2) is 0 Å². The first-order valence-corrected chi connectivity index (χ1v) is 8.82. The van der Waals surface area contributed by atoms with Gasteiger partial charge in [-0.3, -0.25) is 4.79 Å². The normalized spacial score (nSPS) is 38.4. The molecule has 1 aliphatic carbocycles. The zero-order chi connectivity index (χ0) is 13.9. The summed E-state index contributed by atoms with van der Waals surface area (Å²) in [5.74, 6) is 2.01. The maximum atomic E-state index is 12.8. The van der Waals surface area contributed by atoms with E-state index in [-0.39, 0.29) is 6.04 Å². The minimum absolute atomic E-state index is 0.126. The number of fused-ring (bicyclic) bond motifs is 1. The molecule has 4 unspecified atom stereocenters. The molecule has 2 saturated heterocycles. The van der Waals surface area contributed by atoms with E-state index < -0.39 is 0 Å². The molecule has 0 aromatic rings. The van der Waals surface area contributed by atoms with Crippen LogP contribution in [-0.2, 0) is 4.79 Å². The van der Waals surface area contributed by atoms with Crippen LogP contribution in [0.4, 0.5) is 0 Å². The lowest BCUT2D eigenvalue weighted by atomic mass is 9.85. The van der Waals surface area contributed by atoms with Crippen LogP contribution >= 0.6 is 0 Å². The van der Waals surface area contributed by atoms with E-state index in [0.29, 0.717) is 11.9 Å². The topological polar surface area (TPSA) is 32.3 Å². The predicted molar refractivity (Wildman–Crippen MR) is 81.5 cm³/mol. The Kier molecular flexibility index (Phi) is 4.65. The molecule has 3 aliphatic rings. The van der Waals surface area contributed by atoms with Crippen molar-refractivity contribution >= 4 is 5.91 Å². The van der Waals surface area contributed by atoms with Gasteiger partial charge < -0.3 is 10.2 Å². The van der Waals surface area contributed by atoms with Gasteiger partial charge in [-0.05, 0) is 50.4 Å². The zero-order valence-corrected chi connectivity index (χ0v) is 12.9. The Labute approximate surface area is 123 Å². The number of likely N-dealkylation sites (tertiary alicyclic amines) is 1. The molecular formula is C17H30N2O. The summed E-state index contributed by atoms with van der Waals surface area (Å²) in [5.41, 5.74) is 0. The molecule has 0 radical (unpaired) electrons. The van der Waals surface area contributed by atoms with Crippen molar-refractivity contribution in [2.75, 3.05) is 13.1 Å². The highest BCUT2D eigenvalue weighted by molar-refractivity contribution is 5.82. The second kappa shape index (κ2) is 6.46. The minimum Gasteiger partial charge on any atom is -0.341 e. The third kappa shape index (κ3) is 3.03. The van der Waals surface area contributed by atoms with Crippen molar-refractivity contribution in [3.05, 3.63) is 0 Å². The fourth-order valence-electron chi connectivity index (χ4n) is 4.52. The quantitative estimate of drug-likeness (QED) is 0.842. The van der Waals surface area contributed by atoms with Crippen LogP contribution in [0.3, 0.4) is 0 Å². The van der Waals surface area contributed by atoms with Crippen molar-refractivity contribution < 1.29 is 4.79 Å². The number of nitrogens with one attached hydrogen (secondary N) is 1. The fraction of sp³-hybridized carbons (Fsp3) is 0.941. The molecule has 1 saturated carbocycles. The molecule has 0 bridgehead atoms. The third-order valence-corrected chi connectivity index (χ3v) is 5.90. The summed E-state index contributed by atoms with van der Waals surface area (Å²) in [4.78, 5) is 14.9. The Hall–Kier alpha value is -0.570. The van der Waals surface area contributed by atoms with Crippen LogP contribution in [0, 0.1) is 11.8 Å². The van der Waals surface area contributed by atoms with Crippen LogP contribution in [0.2, 0.25) is 0 Å². The van der Waals surface area contributed by atoms with Gasteiger partial charge in [-0.15, -0.1) is 0 Å². The van der Waals surface area contributed by atoms with Gasteiger partial charge in [0.2, 0.25) is 5.91 Å². The van der Waals surface area contributed by atoms with Crippen molar-refractivity contribution in [2.24, 2.45) is 11.8 Å². The summed E-state index contributed by atoms with van der Waals surface area (Å²) in [6, 6.07) is 0.759. The molecular weight excluding hydrogens is 248 g/mol. The van der Waals surface area contributed by atoms with Gasteiger partial charge in [-0.25, -0.2) is 0 Å². The molecule has 2 aliphatic heterocycles. The van der Waals surface area contributed by atoms with E-state index >= 15 is 0 Å². The summed E-state index contributed by atoms with van der Waals surface area (Å²) in [7, 11) is 0. The van der Waals surface area contributed by atoms with Crippen molar-refractivity contribution in [1.82, 2.24) is 10.2 Å². The van der Waals surface area contributed by atoms with E-state index in [1.807, 2.05) is 0 Å². The Balaban J connectivity index is 1.56. The molecule has 1 amide bonds. The zero-order valence-electron chi connectivity index (χ0n) is 12.9. The van der Waals surface area contributed by atoms with Gasteiger partial charge in [0.1, 0.15) is 0 Å². The Morgan fingerprint density at radius 1 is 1.10 bits per heavy atom. The number of carbonyl (C=O) groups is 1. The van der Waals surface area contributed by atoms with Crippen molar-refractivity contribution in [2.45, 2.75) is 76.8 Å². The summed E-state index contributed by atoms with van der Waals surface area (Å²) in [6.07, 6.45) is 11.4. The summed E-state index contributed by atoms with van der Waals surface area (Å²) in [6.45, 7) is 4.26. The average molecular weight is 278 g/mol. The molecule has 0 aromatic heterocycles. The smallest absolute Gasteiger partial charge is 0.239 e. The molecule has 0 spiro atoms. The predicted octanol–water partition coefficient (Wildman–Crippen LogP) is 2.95. The molecule has 0 aromatic carbocycles. The molecule has 1 N–H and O–H groups in total. The van der Waals surface area contributed by atoms with Crippen LogP contribution in [0.25, 0.3) is 0 Å². The SMILES string of the molecule is CCC1CCCN(C(=O)C2CC3CCCCC3N2)CC1. The van der Waals surface area contributed by atoms with Gasteiger partial charge >= 0.3 is 0 Å². The van der Waals surface area contributed by atoms with Crippen molar-refractivity contribution in [3.63, 3.8) is 0 Å². The van der Waals surface area contributed by atoms with Crippen molar-refractivity contribution in [3.8, 4) is 0 Å². The number of rotatable bonds is 2. The fourth-order valence-corrected chi connectivity index (χ4v) is 4.52. The lowest BCUT2D eigenvalue weighted by Crippen LogP contribution is -2.45. The Morgan fingerprint density at radius 2 is 1.95 bits per heavy atom. The molecule has 3 rings (SSSR count). The van der Waals surface area contributed by atoms with Crippen LogP contribution in [-0.4, -0.2) is 36.0 Å². The van der Waals surface area contributed by atoms with E-state index in [0.717, 1.165) is 31.3 Å². The van der Waals surface area contributed by atoms with E-state index in [1.165, 1.54) is 51.4 Å². The number of hydrogen-bond donors (Lipinski definition) is 1. The number of amides is 1.